The molecule has 0 saturated carbocycles. The van der Waals surface area contributed by atoms with Crippen LogP contribution in [0.4, 0.5) is 5.69 Å². The second-order valence-electron chi connectivity index (χ2n) is 8.04. The number of aromatic nitrogens is 1. The van der Waals surface area contributed by atoms with Crippen molar-refractivity contribution in [1.82, 2.24) is 9.29 Å². The van der Waals surface area contributed by atoms with Crippen LogP contribution in [0.3, 0.4) is 0 Å². The summed E-state index contributed by atoms with van der Waals surface area (Å²) in [5.74, 6) is -1.35. The van der Waals surface area contributed by atoms with Gasteiger partial charge in [0, 0.05) is 30.2 Å². The number of sulfonamides is 1. The monoisotopic (exact) mass is 461 g/mol. The molecule has 9 heteroatoms. The molecule has 0 unspecified atom stereocenters. The van der Waals surface area contributed by atoms with Crippen LogP contribution in [0.1, 0.15) is 54.0 Å². The van der Waals surface area contributed by atoms with Crippen LogP contribution in [0.5, 0.6) is 0 Å². The van der Waals surface area contributed by atoms with Crippen LogP contribution in [0.15, 0.2) is 29.2 Å². The fourth-order valence-corrected chi connectivity index (χ4v) is 6.08. The number of hydrogen-bond acceptors (Lipinski definition) is 5. The van der Waals surface area contributed by atoms with Crippen molar-refractivity contribution in [1.29, 1.82) is 0 Å². The number of H-pyrrole nitrogens is 1. The Kier molecular flexibility index (Phi) is 7.40. The first kappa shape index (κ1) is 24.0. The van der Waals surface area contributed by atoms with E-state index >= 15 is 0 Å². The molecule has 1 aromatic carbocycles. The van der Waals surface area contributed by atoms with E-state index in [-0.39, 0.29) is 29.5 Å². The Morgan fingerprint density at radius 2 is 1.97 bits per heavy atom. The normalized spacial score (nSPS) is 17.2. The second-order valence-corrected chi connectivity index (χ2v) is 9.92. The lowest BCUT2D eigenvalue weighted by atomic mass is 9.98. The van der Waals surface area contributed by atoms with Crippen molar-refractivity contribution in [3.8, 4) is 0 Å². The quantitative estimate of drug-likeness (QED) is 0.614. The van der Waals surface area contributed by atoms with Crippen LogP contribution in [-0.4, -0.2) is 49.3 Å². The maximum atomic E-state index is 13.5. The summed E-state index contributed by atoms with van der Waals surface area (Å²) in [7, 11) is -3.99. The number of aromatic amines is 1. The average Bonchev–Trinajstić information content (AvgIpc) is 3.08. The van der Waals surface area contributed by atoms with E-state index in [1.54, 1.807) is 20.8 Å². The zero-order chi connectivity index (χ0) is 23.5. The molecule has 1 aliphatic heterocycles. The fraction of sp³-hybridized carbons (Fsp3) is 0.478. The molecule has 0 spiro atoms. The van der Waals surface area contributed by atoms with Crippen molar-refractivity contribution in [2.75, 3.05) is 25.0 Å². The number of anilines is 1. The van der Waals surface area contributed by atoms with Gasteiger partial charge in [-0.25, -0.2) is 13.2 Å². The number of benzene rings is 1. The zero-order valence-electron chi connectivity index (χ0n) is 19.0. The maximum absolute atomic E-state index is 13.5. The third-order valence-corrected chi connectivity index (χ3v) is 7.79. The Hall–Kier alpha value is -2.65. The lowest BCUT2D eigenvalue weighted by Crippen LogP contribution is -2.44. The number of nitrogens with one attached hydrogen (secondary N) is 2. The minimum absolute atomic E-state index is 0.0345. The minimum atomic E-state index is -3.99. The third kappa shape index (κ3) is 4.88. The molecule has 1 aliphatic rings. The fourth-order valence-electron chi connectivity index (χ4n) is 4.15. The van der Waals surface area contributed by atoms with Gasteiger partial charge in [0.25, 0.3) is 0 Å². The van der Waals surface area contributed by atoms with Crippen molar-refractivity contribution in [2.45, 2.75) is 51.9 Å². The Labute approximate surface area is 189 Å². The molecule has 3 rings (SSSR count). The summed E-state index contributed by atoms with van der Waals surface area (Å²) in [4.78, 5) is 28.2. The Balaban J connectivity index is 1.83. The van der Waals surface area contributed by atoms with Crippen molar-refractivity contribution < 1.29 is 22.7 Å². The van der Waals surface area contributed by atoms with Crippen molar-refractivity contribution >= 4 is 27.6 Å². The summed E-state index contributed by atoms with van der Waals surface area (Å²) in [5, 5.41) is 2.92. The van der Waals surface area contributed by atoms with E-state index in [1.807, 2.05) is 31.2 Å². The highest BCUT2D eigenvalue weighted by Gasteiger charge is 2.38. The summed E-state index contributed by atoms with van der Waals surface area (Å²) in [6, 6.07) is 7.63. The van der Waals surface area contributed by atoms with Crippen LogP contribution in [-0.2, 0) is 26.0 Å². The van der Waals surface area contributed by atoms with Gasteiger partial charge in [0.2, 0.25) is 15.9 Å². The van der Waals surface area contributed by atoms with Gasteiger partial charge in [-0.1, -0.05) is 19.1 Å². The molecule has 0 bridgehead atoms. The number of esters is 1. The molecular formula is C23H31N3O5S. The van der Waals surface area contributed by atoms with E-state index in [9.17, 15) is 18.0 Å². The molecule has 174 valence electrons. The number of carbonyl (C=O) groups excluding carboxylic acids is 2. The van der Waals surface area contributed by atoms with Gasteiger partial charge in [0.15, 0.2) is 0 Å². The third-order valence-electron chi connectivity index (χ3n) is 5.75. The molecule has 0 aliphatic carbocycles. The Morgan fingerprint density at radius 3 is 2.66 bits per heavy atom. The smallest absolute Gasteiger partial charge is 0.341 e. The predicted octanol–water partition coefficient (Wildman–Crippen LogP) is 3.41. The van der Waals surface area contributed by atoms with Gasteiger partial charge < -0.3 is 15.0 Å². The maximum Gasteiger partial charge on any atom is 0.341 e. The molecule has 32 heavy (non-hydrogen) atoms. The van der Waals surface area contributed by atoms with E-state index in [0.717, 1.165) is 12.0 Å². The van der Waals surface area contributed by atoms with E-state index in [1.165, 1.54) is 4.31 Å². The number of piperidine rings is 1. The van der Waals surface area contributed by atoms with Crippen LogP contribution < -0.4 is 5.32 Å². The topological polar surface area (TPSA) is 109 Å². The first-order valence-electron chi connectivity index (χ1n) is 10.9. The van der Waals surface area contributed by atoms with Gasteiger partial charge in [-0.3, -0.25) is 4.79 Å². The van der Waals surface area contributed by atoms with Crippen LogP contribution in [0.2, 0.25) is 0 Å². The number of amides is 1. The van der Waals surface area contributed by atoms with Crippen molar-refractivity contribution in [3.63, 3.8) is 0 Å². The summed E-state index contributed by atoms with van der Waals surface area (Å²) in [5.41, 5.74) is 2.68. The summed E-state index contributed by atoms with van der Waals surface area (Å²) in [6.45, 7) is 7.49. The van der Waals surface area contributed by atoms with Crippen LogP contribution in [0, 0.1) is 19.8 Å². The molecule has 1 saturated heterocycles. The number of carbonyl (C=O) groups is 2. The van der Waals surface area contributed by atoms with Gasteiger partial charge in [0.1, 0.15) is 10.5 Å². The molecule has 0 radical (unpaired) electrons. The van der Waals surface area contributed by atoms with Gasteiger partial charge in [-0.05, 0) is 57.7 Å². The first-order chi connectivity index (χ1) is 15.2. The van der Waals surface area contributed by atoms with E-state index in [2.05, 4.69) is 10.3 Å². The van der Waals surface area contributed by atoms with Gasteiger partial charge >= 0.3 is 5.97 Å². The lowest BCUT2D eigenvalue weighted by molar-refractivity contribution is -0.120. The molecule has 8 nitrogen and oxygen atoms in total. The first-order valence-corrected chi connectivity index (χ1v) is 12.4. The molecule has 1 aromatic heterocycles. The van der Waals surface area contributed by atoms with Crippen molar-refractivity contribution in [2.24, 2.45) is 5.92 Å². The molecule has 1 atom stereocenters. The number of rotatable bonds is 7. The van der Waals surface area contributed by atoms with Crippen molar-refractivity contribution in [3.05, 3.63) is 46.8 Å². The lowest BCUT2D eigenvalue weighted by Gasteiger charge is -2.31. The molecular weight excluding hydrogens is 430 g/mol. The zero-order valence-corrected chi connectivity index (χ0v) is 19.8. The minimum Gasteiger partial charge on any atom is -0.462 e. The SMILES string of the molecule is CCOC(=O)c1c(C)[nH]c(C)c1S(=O)(=O)N1CCC[C@@H](C(=O)Nc2cccc(CC)c2)C1. The van der Waals surface area contributed by atoms with Gasteiger partial charge in [-0.2, -0.15) is 4.31 Å². The Morgan fingerprint density at radius 1 is 1.22 bits per heavy atom. The van der Waals surface area contributed by atoms with E-state index < -0.39 is 21.9 Å². The highest BCUT2D eigenvalue weighted by atomic mass is 32.2. The highest BCUT2D eigenvalue weighted by Crippen LogP contribution is 2.31. The molecule has 2 N–H and O–H groups in total. The van der Waals surface area contributed by atoms with Crippen LogP contribution >= 0.6 is 0 Å². The highest BCUT2D eigenvalue weighted by molar-refractivity contribution is 7.89. The molecule has 2 aromatic rings. The largest absolute Gasteiger partial charge is 0.462 e. The van der Waals surface area contributed by atoms with Crippen LogP contribution in [0.25, 0.3) is 0 Å². The molecule has 2 heterocycles. The average molecular weight is 462 g/mol. The summed E-state index contributed by atoms with van der Waals surface area (Å²) >= 11 is 0. The number of nitrogens with zero attached hydrogens (tertiary/aromatic N) is 1. The molecule has 1 amide bonds. The Bertz CT molecular complexity index is 1110. The summed E-state index contributed by atoms with van der Waals surface area (Å²) < 4.78 is 33.4. The number of hydrogen-bond donors (Lipinski definition) is 2. The summed E-state index contributed by atoms with van der Waals surface area (Å²) in [6.07, 6.45) is 2.02. The van der Waals surface area contributed by atoms with E-state index in [4.69, 9.17) is 4.74 Å². The number of ether oxygens (including phenoxy) is 1. The van der Waals surface area contributed by atoms with Gasteiger partial charge in [0.05, 0.1) is 12.5 Å². The number of aryl methyl sites for hydroxylation is 3. The molecule has 1 fully saturated rings. The van der Waals surface area contributed by atoms with E-state index in [0.29, 0.717) is 36.5 Å². The predicted molar refractivity (Wildman–Crippen MR) is 122 cm³/mol. The standard InChI is InChI=1S/C23H31N3O5S/c1-5-17-9-7-11-19(13-17)25-22(27)18-10-8-12-26(14-18)32(29,30)21-16(4)24-15(3)20(21)23(28)31-6-2/h7,9,11,13,18,24H,5-6,8,10,12,14H2,1-4H3,(H,25,27)/t18-/m1/s1. The van der Waals surface area contributed by atoms with Gasteiger partial charge in [-0.15, -0.1) is 0 Å². The second kappa shape index (κ2) is 9.87.